The standard InChI is InChI=1S/C31H32N2O6.C2HF3O2/c1-36-26-10-8-19(14-28(26)38-3)12-22-17-25(33-31(35)21-6-5-7-24(32)16-21)18-23(30(22)34)13-20-9-11-27(37-2)29(15-20)39-4;3-2(4,5)1(6)7/h5-16,25H,17-18,32H2,1-4H3,(H,33,35);(H,6,7)/b22-12+,23-13+;. The summed E-state index contributed by atoms with van der Waals surface area (Å²) >= 11 is 0. The molecule has 13 heteroatoms. The number of amides is 1. The number of quaternary nitrogens is 1. The first-order valence-corrected chi connectivity index (χ1v) is 13.7. The second kappa shape index (κ2) is 15.6. The molecular formula is C33H33F3N2O8. The van der Waals surface area contributed by atoms with E-state index in [4.69, 9.17) is 28.8 Å². The number of carbonyl (C=O) groups excluding carboxylic acids is 3. The van der Waals surface area contributed by atoms with Crippen LogP contribution in [0, 0.1) is 0 Å². The number of ketones is 1. The molecule has 0 aromatic heterocycles. The fraction of sp³-hybridized carbons (Fsp3) is 0.242. The number of nitrogens with one attached hydrogen (secondary N) is 1. The lowest BCUT2D eigenvalue weighted by molar-refractivity contribution is -0.344. The lowest BCUT2D eigenvalue weighted by Gasteiger charge is -2.27. The largest absolute Gasteiger partial charge is 0.542 e. The Balaban J connectivity index is 0.000000738. The van der Waals surface area contributed by atoms with Gasteiger partial charge in [0, 0.05) is 28.8 Å². The van der Waals surface area contributed by atoms with E-state index in [1.54, 1.807) is 58.8 Å². The molecule has 0 spiro atoms. The van der Waals surface area contributed by atoms with Gasteiger partial charge in [0.25, 0.3) is 5.91 Å². The average Bonchev–Trinajstić information content (AvgIpc) is 3.02. The summed E-state index contributed by atoms with van der Waals surface area (Å²) in [5, 5.41) is 11.9. The minimum absolute atomic E-state index is 0.0789. The molecule has 1 fully saturated rings. The predicted molar refractivity (Wildman–Crippen MR) is 161 cm³/mol. The number of Topliss-reactive ketones (excluding diaryl/α,β-unsaturated/α-hetero) is 1. The number of hydrogen-bond acceptors (Lipinski definition) is 8. The lowest BCUT2D eigenvalue weighted by atomic mass is 9.83. The predicted octanol–water partition coefficient (Wildman–Crippen LogP) is 3.52. The van der Waals surface area contributed by atoms with E-state index in [1.807, 2.05) is 42.5 Å². The SMILES string of the molecule is COc1ccc(/C=C2\CC(NC(=O)c3cccc([NH3+])c3)C/C(=C\c3ccc(OC)c(OC)c3)C2=O)cc1OC.O=C([O-])C(F)(F)F. The van der Waals surface area contributed by atoms with Crippen molar-refractivity contribution in [3.8, 4) is 23.0 Å². The van der Waals surface area contributed by atoms with Gasteiger partial charge in [-0.1, -0.05) is 18.2 Å². The quantitative estimate of drug-likeness (QED) is 0.355. The summed E-state index contributed by atoms with van der Waals surface area (Å²) in [5.41, 5.74) is 7.93. The van der Waals surface area contributed by atoms with E-state index in [9.17, 15) is 22.8 Å². The van der Waals surface area contributed by atoms with E-state index >= 15 is 0 Å². The van der Waals surface area contributed by atoms with Crippen LogP contribution in [-0.4, -0.2) is 58.3 Å². The molecule has 1 aliphatic carbocycles. The highest BCUT2D eigenvalue weighted by Gasteiger charge is 2.30. The summed E-state index contributed by atoms with van der Waals surface area (Å²) in [6.45, 7) is 0. The summed E-state index contributed by atoms with van der Waals surface area (Å²) in [7, 11) is 6.28. The number of hydrogen-bond donors (Lipinski definition) is 2. The molecule has 0 radical (unpaired) electrons. The smallest absolute Gasteiger partial charge is 0.430 e. The molecule has 46 heavy (non-hydrogen) atoms. The second-order valence-corrected chi connectivity index (χ2v) is 9.96. The Morgan fingerprint density at radius 1 is 0.804 bits per heavy atom. The number of ether oxygens (including phenoxy) is 4. The van der Waals surface area contributed by atoms with Crippen LogP contribution in [0.15, 0.2) is 71.8 Å². The number of halogens is 3. The Morgan fingerprint density at radius 2 is 1.26 bits per heavy atom. The van der Waals surface area contributed by atoms with E-state index in [2.05, 4.69) is 11.1 Å². The summed E-state index contributed by atoms with van der Waals surface area (Å²) in [6, 6.07) is 17.8. The molecule has 3 aromatic carbocycles. The Kier molecular flexibility index (Phi) is 11.9. The molecule has 1 amide bonds. The van der Waals surface area contributed by atoms with Crippen LogP contribution in [0.5, 0.6) is 23.0 Å². The van der Waals surface area contributed by atoms with Gasteiger partial charge in [-0.05, 0) is 72.5 Å². The van der Waals surface area contributed by atoms with Crippen LogP contribution >= 0.6 is 0 Å². The highest BCUT2D eigenvalue weighted by Crippen LogP contribution is 2.34. The number of carboxylic acid groups (broad SMARTS) is 1. The Bertz CT molecular complexity index is 1570. The van der Waals surface area contributed by atoms with E-state index < -0.39 is 12.1 Å². The minimum atomic E-state index is -5.19. The number of alkyl halides is 3. The normalized spacial score (nSPS) is 16.3. The van der Waals surface area contributed by atoms with Crippen molar-refractivity contribution in [3.63, 3.8) is 0 Å². The van der Waals surface area contributed by atoms with E-state index in [1.165, 1.54) is 0 Å². The molecule has 3 aromatic rings. The van der Waals surface area contributed by atoms with Gasteiger partial charge in [0.05, 0.1) is 28.4 Å². The summed E-state index contributed by atoms with van der Waals surface area (Å²) in [6.07, 6.45) is -0.762. The second-order valence-electron chi connectivity index (χ2n) is 9.96. The summed E-state index contributed by atoms with van der Waals surface area (Å²) in [4.78, 5) is 35.5. The number of methoxy groups -OCH3 is 4. The van der Waals surface area contributed by atoms with Crippen LogP contribution < -0.4 is 35.1 Å². The molecule has 4 rings (SSSR count). The molecule has 0 bridgehead atoms. The summed E-state index contributed by atoms with van der Waals surface area (Å²) < 4.78 is 53.1. The highest BCUT2D eigenvalue weighted by molar-refractivity contribution is 6.14. The first kappa shape index (κ1) is 35.2. The number of carboxylic acids is 1. The van der Waals surface area contributed by atoms with Crippen LogP contribution in [0.4, 0.5) is 18.9 Å². The molecule has 10 nitrogen and oxygen atoms in total. The van der Waals surface area contributed by atoms with Crippen molar-refractivity contribution in [2.75, 3.05) is 28.4 Å². The van der Waals surface area contributed by atoms with Crippen molar-refractivity contribution in [2.45, 2.75) is 25.1 Å². The van der Waals surface area contributed by atoms with Gasteiger partial charge in [0.2, 0.25) is 0 Å². The van der Waals surface area contributed by atoms with Gasteiger partial charge >= 0.3 is 6.18 Å². The van der Waals surface area contributed by atoms with Crippen molar-refractivity contribution in [2.24, 2.45) is 0 Å². The monoisotopic (exact) mass is 642 g/mol. The zero-order chi connectivity index (χ0) is 34.0. The zero-order valence-electron chi connectivity index (χ0n) is 25.5. The van der Waals surface area contributed by atoms with Gasteiger partial charge in [0.1, 0.15) is 11.7 Å². The molecule has 0 aliphatic heterocycles. The van der Waals surface area contributed by atoms with Crippen LogP contribution in [0.3, 0.4) is 0 Å². The van der Waals surface area contributed by atoms with Crippen molar-refractivity contribution in [3.05, 3.63) is 88.5 Å². The van der Waals surface area contributed by atoms with Crippen molar-refractivity contribution >= 4 is 35.5 Å². The molecule has 244 valence electrons. The molecule has 0 heterocycles. The topological polar surface area (TPSA) is 151 Å². The molecule has 0 saturated heterocycles. The number of rotatable bonds is 8. The lowest BCUT2D eigenvalue weighted by Crippen LogP contribution is -2.41. The van der Waals surface area contributed by atoms with Gasteiger partial charge in [-0.2, -0.15) is 13.2 Å². The van der Waals surface area contributed by atoms with E-state index in [-0.39, 0.29) is 17.7 Å². The van der Waals surface area contributed by atoms with Crippen molar-refractivity contribution < 1.29 is 57.3 Å². The highest BCUT2D eigenvalue weighted by atomic mass is 19.4. The fourth-order valence-electron chi connectivity index (χ4n) is 4.61. The molecule has 0 unspecified atom stereocenters. The molecule has 1 aliphatic rings. The van der Waals surface area contributed by atoms with Crippen LogP contribution in [0.2, 0.25) is 0 Å². The first-order chi connectivity index (χ1) is 21.8. The van der Waals surface area contributed by atoms with Crippen molar-refractivity contribution in [1.29, 1.82) is 0 Å². The number of benzene rings is 3. The van der Waals surface area contributed by atoms with Gasteiger partial charge in [-0.25, -0.2) is 0 Å². The Morgan fingerprint density at radius 3 is 1.65 bits per heavy atom. The maximum atomic E-state index is 13.7. The van der Waals surface area contributed by atoms with Gasteiger partial charge in [-0.3, -0.25) is 9.59 Å². The summed E-state index contributed by atoms with van der Waals surface area (Å²) in [5.74, 6) is -0.973. The fourth-order valence-corrected chi connectivity index (χ4v) is 4.61. The van der Waals surface area contributed by atoms with E-state index in [0.717, 1.165) is 16.8 Å². The maximum absolute atomic E-state index is 13.7. The number of aliphatic carboxylic acids is 1. The van der Waals surface area contributed by atoms with Crippen LogP contribution in [-0.2, 0) is 9.59 Å². The minimum Gasteiger partial charge on any atom is -0.542 e. The first-order valence-electron chi connectivity index (χ1n) is 13.7. The van der Waals surface area contributed by atoms with E-state index in [0.29, 0.717) is 52.5 Å². The average molecular weight is 643 g/mol. The molecule has 1 saturated carbocycles. The number of carbonyl (C=O) groups is 3. The maximum Gasteiger partial charge on any atom is 0.430 e. The molecule has 4 N–H and O–H groups in total. The molecule has 0 atom stereocenters. The Hall–Kier alpha value is -5.30. The third kappa shape index (κ3) is 9.35. The van der Waals surface area contributed by atoms with Crippen LogP contribution in [0.1, 0.15) is 34.3 Å². The third-order valence-electron chi connectivity index (χ3n) is 6.77. The Labute approximate surface area is 263 Å². The van der Waals surface area contributed by atoms with Gasteiger partial charge in [0.15, 0.2) is 28.8 Å². The van der Waals surface area contributed by atoms with Crippen LogP contribution in [0.25, 0.3) is 12.2 Å². The van der Waals surface area contributed by atoms with Gasteiger partial charge < -0.3 is 39.9 Å². The van der Waals surface area contributed by atoms with Gasteiger partial charge in [-0.15, -0.1) is 0 Å². The van der Waals surface area contributed by atoms with Crippen molar-refractivity contribution in [1.82, 2.24) is 5.32 Å². The third-order valence-corrected chi connectivity index (χ3v) is 6.77. The molecular weight excluding hydrogens is 609 g/mol. The zero-order valence-corrected chi connectivity index (χ0v) is 25.5.